The largest absolute Gasteiger partial charge is 0.388 e. The van der Waals surface area contributed by atoms with Gasteiger partial charge in [0, 0.05) is 12.7 Å². The molecule has 0 atom stereocenters. The Kier molecular flexibility index (Phi) is 6.26. The van der Waals surface area contributed by atoms with Crippen LogP contribution >= 0.6 is 22.9 Å². The van der Waals surface area contributed by atoms with E-state index >= 15 is 0 Å². The summed E-state index contributed by atoms with van der Waals surface area (Å²) in [5.74, 6) is -0.140. The smallest absolute Gasteiger partial charge is 0.334 e. The zero-order valence-electron chi connectivity index (χ0n) is 16.9. The quantitative estimate of drug-likeness (QED) is 0.466. The molecular formula is C19H16ClN7O4S2. The molecule has 0 radical (unpaired) electrons. The average molecular weight is 506 g/mol. The average Bonchev–Trinajstić information content (AvgIpc) is 3.40. The molecule has 3 heterocycles. The zero-order valence-corrected chi connectivity index (χ0v) is 19.3. The highest BCUT2D eigenvalue weighted by Gasteiger charge is 2.27. The molecule has 3 N–H and O–H groups in total. The lowest BCUT2D eigenvalue weighted by Crippen LogP contribution is -2.34. The number of nitrogens with zero attached hydrogens (tertiary/aromatic N) is 4. The van der Waals surface area contributed by atoms with E-state index in [1.165, 1.54) is 24.5 Å². The Bertz CT molecular complexity index is 1340. The van der Waals surface area contributed by atoms with Gasteiger partial charge in [0.05, 0.1) is 28.9 Å². The molecule has 3 amide bonds. The molecule has 0 unspecified atom stereocenters. The van der Waals surface area contributed by atoms with Gasteiger partial charge in [0.2, 0.25) is 0 Å². The molecule has 170 valence electrons. The first-order valence-electron chi connectivity index (χ1n) is 9.35. The summed E-state index contributed by atoms with van der Waals surface area (Å²) < 4.78 is 26.4. The van der Waals surface area contributed by atoms with Crippen LogP contribution in [0.2, 0.25) is 4.34 Å². The van der Waals surface area contributed by atoms with Crippen molar-refractivity contribution in [2.45, 2.75) is 10.6 Å². The summed E-state index contributed by atoms with van der Waals surface area (Å²) in [7, 11) is -2.26. The van der Waals surface area contributed by atoms with Crippen LogP contribution in [0.5, 0.6) is 0 Å². The standard InChI is InChI=1S/C19H16ClN7O4S2/c1-21-12-4-2-11(3-5-12)13-8-17(28)27(25-13)16-10-22-15(9-23-16)24-19(29)26-33(30,31)18-7-6-14(20)32-18/h2-7,9-10,21H,8H2,1H3,(H2,22,24,26,29). The molecule has 14 heteroatoms. The van der Waals surface area contributed by atoms with E-state index in [0.717, 1.165) is 27.6 Å². The van der Waals surface area contributed by atoms with E-state index in [1.807, 2.05) is 36.0 Å². The maximum absolute atomic E-state index is 12.4. The fourth-order valence-corrected chi connectivity index (χ4v) is 5.24. The Morgan fingerprint density at radius 3 is 2.48 bits per heavy atom. The van der Waals surface area contributed by atoms with Gasteiger partial charge in [-0.15, -0.1) is 11.3 Å². The number of anilines is 3. The normalized spacial score (nSPS) is 13.6. The second-order valence-corrected chi connectivity index (χ2v) is 10.3. The van der Waals surface area contributed by atoms with E-state index in [9.17, 15) is 18.0 Å². The number of hydrazone groups is 1. The molecule has 0 fully saturated rings. The third-order valence-electron chi connectivity index (χ3n) is 4.42. The number of sulfonamides is 1. The van der Waals surface area contributed by atoms with Crippen LogP contribution in [0, 0.1) is 0 Å². The van der Waals surface area contributed by atoms with Crippen molar-refractivity contribution >= 4 is 67.9 Å². The minimum Gasteiger partial charge on any atom is -0.388 e. The van der Waals surface area contributed by atoms with Crippen molar-refractivity contribution in [1.82, 2.24) is 14.7 Å². The van der Waals surface area contributed by atoms with Crippen LogP contribution in [0.3, 0.4) is 0 Å². The number of carbonyl (C=O) groups is 2. The fraction of sp³-hybridized carbons (Fsp3) is 0.105. The van der Waals surface area contributed by atoms with E-state index in [0.29, 0.717) is 5.71 Å². The summed E-state index contributed by atoms with van der Waals surface area (Å²) in [5.41, 5.74) is 2.33. The van der Waals surface area contributed by atoms with Crippen molar-refractivity contribution in [1.29, 1.82) is 0 Å². The van der Waals surface area contributed by atoms with Gasteiger partial charge in [-0.1, -0.05) is 23.7 Å². The van der Waals surface area contributed by atoms with Gasteiger partial charge in [-0.3, -0.25) is 10.1 Å². The molecule has 1 aliphatic heterocycles. The lowest BCUT2D eigenvalue weighted by Gasteiger charge is -2.11. The second kappa shape index (κ2) is 9.13. The summed E-state index contributed by atoms with van der Waals surface area (Å²) in [5, 5.41) is 10.7. The van der Waals surface area contributed by atoms with Gasteiger partial charge < -0.3 is 5.32 Å². The maximum Gasteiger partial charge on any atom is 0.334 e. The van der Waals surface area contributed by atoms with E-state index in [-0.39, 0.29) is 32.5 Å². The number of rotatable bonds is 6. The van der Waals surface area contributed by atoms with Gasteiger partial charge in [0.15, 0.2) is 11.6 Å². The Labute approximate surface area is 197 Å². The van der Waals surface area contributed by atoms with E-state index < -0.39 is 16.1 Å². The minimum absolute atomic E-state index is 0.0193. The summed E-state index contributed by atoms with van der Waals surface area (Å²) in [6.45, 7) is 0. The fourth-order valence-electron chi connectivity index (χ4n) is 2.85. The number of halogens is 1. The van der Waals surface area contributed by atoms with Crippen molar-refractivity contribution in [3.63, 3.8) is 0 Å². The first kappa shape index (κ1) is 22.6. The number of benzene rings is 1. The van der Waals surface area contributed by atoms with Crippen molar-refractivity contribution in [3.8, 4) is 0 Å². The molecule has 2 aromatic heterocycles. The molecule has 0 spiro atoms. The number of aromatic nitrogens is 2. The summed E-state index contributed by atoms with van der Waals surface area (Å²) in [6, 6.07) is 9.15. The molecule has 3 aromatic rings. The molecule has 0 bridgehead atoms. The van der Waals surface area contributed by atoms with Gasteiger partial charge >= 0.3 is 6.03 Å². The predicted octanol–water partition coefficient (Wildman–Crippen LogP) is 2.88. The van der Waals surface area contributed by atoms with Crippen LogP contribution in [0.4, 0.5) is 22.1 Å². The Morgan fingerprint density at radius 2 is 1.88 bits per heavy atom. The van der Waals surface area contributed by atoms with Gasteiger partial charge in [0.1, 0.15) is 4.21 Å². The van der Waals surface area contributed by atoms with E-state index in [2.05, 4.69) is 25.7 Å². The minimum atomic E-state index is -4.08. The molecule has 0 saturated heterocycles. The van der Waals surface area contributed by atoms with Crippen molar-refractivity contribution in [2.24, 2.45) is 5.10 Å². The molecule has 1 aliphatic rings. The SMILES string of the molecule is CNc1ccc(C2=NN(c3cnc(NC(=O)NS(=O)(=O)c4ccc(Cl)s4)cn3)C(=O)C2)cc1. The highest BCUT2D eigenvalue weighted by molar-refractivity contribution is 7.92. The van der Waals surface area contributed by atoms with Crippen LogP contribution in [0.25, 0.3) is 0 Å². The van der Waals surface area contributed by atoms with Crippen LogP contribution in [0.1, 0.15) is 12.0 Å². The Hall–Kier alpha value is -3.55. The van der Waals surface area contributed by atoms with Gasteiger partial charge in [-0.25, -0.2) is 27.9 Å². The number of amides is 3. The summed E-state index contributed by atoms with van der Waals surface area (Å²) >= 11 is 6.55. The first-order chi connectivity index (χ1) is 15.7. The third-order valence-corrected chi connectivity index (χ3v) is 7.47. The monoisotopic (exact) mass is 505 g/mol. The van der Waals surface area contributed by atoms with Gasteiger partial charge in [-0.2, -0.15) is 10.1 Å². The molecule has 1 aromatic carbocycles. The lowest BCUT2D eigenvalue weighted by atomic mass is 10.1. The highest BCUT2D eigenvalue weighted by Crippen LogP contribution is 2.25. The second-order valence-electron chi connectivity index (χ2n) is 6.63. The van der Waals surface area contributed by atoms with Crippen LogP contribution in [-0.2, 0) is 14.8 Å². The number of nitrogens with one attached hydrogen (secondary N) is 3. The predicted molar refractivity (Wildman–Crippen MR) is 125 cm³/mol. The molecular weight excluding hydrogens is 490 g/mol. The Balaban J connectivity index is 1.42. The van der Waals surface area contributed by atoms with Crippen molar-refractivity contribution < 1.29 is 18.0 Å². The van der Waals surface area contributed by atoms with Crippen LogP contribution in [-0.4, -0.2) is 43.1 Å². The molecule has 4 rings (SSSR count). The molecule has 0 saturated carbocycles. The van der Waals surface area contributed by atoms with Gasteiger partial charge in [-0.05, 0) is 29.8 Å². The number of thiophene rings is 1. The number of carbonyl (C=O) groups excluding carboxylic acids is 2. The van der Waals surface area contributed by atoms with Gasteiger partial charge in [0.25, 0.3) is 15.9 Å². The molecule has 0 aliphatic carbocycles. The first-order valence-corrected chi connectivity index (χ1v) is 12.0. The summed E-state index contributed by atoms with van der Waals surface area (Å²) in [6.07, 6.45) is 2.54. The Morgan fingerprint density at radius 1 is 1.12 bits per heavy atom. The van der Waals surface area contributed by atoms with Crippen LogP contribution in [0.15, 0.2) is 58.1 Å². The maximum atomic E-state index is 12.4. The molecule has 33 heavy (non-hydrogen) atoms. The lowest BCUT2D eigenvalue weighted by molar-refractivity contribution is -0.116. The van der Waals surface area contributed by atoms with E-state index in [1.54, 1.807) is 0 Å². The summed E-state index contributed by atoms with van der Waals surface area (Å²) in [4.78, 5) is 32.6. The van der Waals surface area contributed by atoms with Crippen molar-refractivity contribution in [2.75, 3.05) is 22.7 Å². The van der Waals surface area contributed by atoms with Crippen molar-refractivity contribution in [3.05, 3.63) is 58.7 Å². The molecule has 11 nitrogen and oxygen atoms in total. The highest BCUT2D eigenvalue weighted by atomic mass is 35.5. The number of urea groups is 1. The van der Waals surface area contributed by atoms with Crippen LogP contribution < -0.4 is 20.4 Å². The van der Waals surface area contributed by atoms with E-state index in [4.69, 9.17) is 11.6 Å². The third kappa shape index (κ3) is 5.10. The topological polar surface area (TPSA) is 146 Å². The number of hydrogen-bond donors (Lipinski definition) is 3. The number of hydrogen-bond acceptors (Lipinski definition) is 9. The zero-order chi connectivity index (χ0) is 23.6.